The van der Waals surface area contributed by atoms with Gasteiger partial charge in [0.05, 0.1) is 10.9 Å². The first kappa shape index (κ1) is 21.1. The molecule has 1 atom stereocenters. The summed E-state index contributed by atoms with van der Waals surface area (Å²) in [7, 11) is -3.56. The molecule has 0 spiro atoms. The Kier molecular flexibility index (Phi) is 6.25. The van der Waals surface area contributed by atoms with Gasteiger partial charge in [0.15, 0.2) is 0 Å². The molecule has 5 nitrogen and oxygen atoms in total. The van der Waals surface area contributed by atoms with E-state index in [1.54, 1.807) is 18.2 Å². The van der Waals surface area contributed by atoms with Crippen LogP contribution in [-0.4, -0.2) is 31.7 Å². The van der Waals surface area contributed by atoms with E-state index in [0.29, 0.717) is 18.7 Å². The zero-order valence-corrected chi connectivity index (χ0v) is 18.4. The minimum atomic E-state index is -3.56. The molecular formula is C24H30N2O3S. The first-order valence-corrected chi connectivity index (χ1v) is 12.4. The molecule has 2 aromatic rings. The van der Waals surface area contributed by atoms with Gasteiger partial charge in [-0.15, -0.1) is 0 Å². The standard InChI is InChI=1S/C24H30N2O3S/c1-18(20-13-12-19-8-3-4-9-21(19)16-20)25-24(27)22-10-7-11-23(17-22)30(28,29)26-14-5-2-6-15-26/h7,10-13,16-18H,2-6,8-9,14-15H2,1H3,(H,25,27)/t18-/m1/s1. The zero-order valence-electron chi connectivity index (χ0n) is 17.6. The van der Waals surface area contributed by atoms with Gasteiger partial charge >= 0.3 is 0 Å². The van der Waals surface area contributed by atoms with Crippen molar-refractivity contribution in [2.45, 2.75) is 62.8 Å². The third-order valence-electron chi connectivity index (χ3n) is 6.27. The normalized spacial score (nSPS) is 18.4. The van der Waals surface area contributed by atoms with Gasteiger partial charge < -0.3 is 5.32 Å². The Morgan fingerprint density at radius 1 is 0.933 bits per heavy atom. The van der Waals surface area contributed by atoms with Gasteiger partial charge in [-0.25, -0.2) is 8.42 Å². The van der Waals surface area contributed by atoms with E-state index in [1.807, 2.05) is 6.92 Å². The largest absolute Gasteiger partial charge is 0.346 e. The monoisotopic (exact) mass is 426 g/mol. The lowest BCUT2D eigenvalue weighted by molar-refractivity contribution is 0.0939. The van der Waals surface area contributed by atoms with Crippen molar-refractivity contribution in [2.24, 2.45) is 0 Å². The highest BCUT2D eigenvalue weighted by Gasteiger charge is 2.26. The Balaban J connectivity index is 1.49. The molecule has 0 aromatic heterocycles. The number of fused-ring (bicyclic) bond motifs is 1. The molecule has 1 heterocycles. The summed E-state index contributed by atoms with van der Waals surface area (Å²) < 4.78 is 27.4. The molecule has 2 aliphatic rings. The number of hydrogen-bond acceptors (Lipinski definition) is 3. The average Bonchev–Trinajstić information content (AvgIpc) is 2.79. The molecule has 0 radical (unpaired) electrons. The van der Waals surface area contributed by atoms with Crippen LogP contribution in [0.25, 0.3) is 0 Å². The van der Waals surface area contributed by atoms with E-state index in [2.05, 4.69) is 23.5 Å². The van der Waals surface area contributed by atoms with Crippen molar-refractivity contribution in [1.82, 2.24) is 9.62 Å². The van der Waals surface area contributed by atoms with Crippen LogP contribution in [0.5, 0.6) is 0 Å². The molecule has 0 saturated carbocycles. The zero-order chi connectivity index (χ0) is 21.1. The third kappa shape index (κ3) is 4.44. The highest BCUT2D eigenvalue weighted by molar-refractivity contribution is 7.89. The van der Waals surface area contributed by atoms with Gasteiger partial charge in [-0.3, -0.25) is 4.79 Å². The van der Waals surface area contributed by atoms with Crippen molar-refractivity contribution in [3.63, 3.8) is 0 Å². The maximum absolute atomic E-state index is 12.9. The molecule has 1 fully saturated rings. The Bertz CT molecular complexity index is 1030. The molecule has 30 heavy (non-hydrogen) atoms. The Labute approximate surface area is 179 Å². The number of nitrogens with zero attached hydrogens (tertiary/aromatic N) is 1. The Morgan fingerprint density at radius 3 is 2.43 bits per heavy atom. The van der Waals surface area contributed by atoms with E-state index in [-0.39, 0.29) is 16.8 Å². The Hall–Kier alpha value is -2.18. The van der Waals surface area contributed by atoms with Gasteiger partial charge in [0, 0.05) is 18.7 Å². The molecule has 1 aliphatic heterocycles. The molecule has 1 amide bonds. The number of sulfonamides is 1. The van der Waals surface area contributed by atoms with Gasteiger partial charge in [-0.05, 0) is 80.3 Å². The van der Waals surface area contributed by atoms with E-state index in [1.165, 1.54) is 34.3 Å². The first-order chi connectivity index (χ1) is 14.4. The lowest BCUT2D eigenvalue weighted by atomic mass is 9.89. The number of carbonyl (C=O) groups excluding carboxylic acids is 1. The minimum Gasteiger partial charge on any atom is -0.346 e. The summed E-state index contributed by atoms with van der Waals surface area (Å²) in [5, 5.41) is 3.03. The van der Waals surface area contributed by atoms with E-state index in [4.69, 9.17) is 0 Å². The van der Waals surface area contributed by atoms with Crippen LogP contribution >= 0.6 is 0 Å². The third-order valence-corrected chi connectivity index (χ3v) is 8.16. The van der Waals surface area contributed by atoms with E-state index in [9.17, 15) is 13.2 Å². The van der Waals surface area contributed by atoms with Crippen molar-refractivity contribution in [1.29, 1.82) is 0 Å². The van der Waals surface area contributed by atoms with Crippen molar-refractivity contribution in [3.05, 3.63) is 64.7 Å². The second kappa shape index (κ2) is 8.90. The van der Waals surface area contributed by atoms with Crippen LogP contribution in [0.1, 0.15) is 72.1 Å². The molecule has 1 N–H and O–H groups in total. The van der Waals surface area contributed by atoms with Crippen LogP contribution in [-0.2, 0) is 22.9 Å². The van der Waals surface area contributed by atoms with Crippen molar-refractivity contribution in [3.8, 4) is 0 Å². The SMILES string of the molecule is C[C@@H](NC(=O)c1cccc(S(=O)(=O)N2CCCCC2)c1)c1ccc2c(c1)CCCC2. The molecule has 6 heteroatoms. The van der Waals surface area contributed by atoms with Gasteiger partial charge in [0.2, 0.25) is 10.0 Å². The molecule has 1 saturated heterocycles. The summed E-state index contributed by atoms with van der Waals surface area (Å²) >= 11 is 0. The van der Waals surface area contributed by atoms with Gasteiger partial charge in [-0.2, -0.15) is 4.31 Å². The summed E-state index contributed by atoms with van der Waals surface area (Å²) in [6.45, 7) is 3.07. The van der Waals surface area contributed by atoms with Crippen molar-refractivity contribution >= 4 is 15.9 Å². The van der Waals surface area contributed by atoms with Crippen LogP contribution in [0, 0.1) is 0 Å². The molecule has 160 valence electrons. The highest BCUT2D eigenvalue weighted by atomic mass is 32.2. The highest BCUT2D eigenvalue weighted by Crippen LogP contribution is 2.25. The number of amides is 1. The fourth-order valence-corrected chi connectivity index (χ4v) is 6.00. The summed E-state index contributed by atoms with van der Waals surface area (Å²) in [6, 6.07) is 12.7. The topological polar surface area (TPSA) is 66.5 Å². The predicted molar refractivity (Wildman–Crippen MR) is 118 cm³/mol. The lowest BCUT2D eigenvalue weighted by Gasteiger charge is -2.26. The van der Waals surface area contributed by atoms with E-state index in [0.717, 1.165) is 37.7 Å². The van der Waals surface area contributed by atoms with Gasteiger partial charge in [-0.1, -0.05) is 30.7 Å². The maximum atomic E-state index is 12.9. The minimum absolute atomic E-state index is 0.146. The van der Waals surface area contributed by atoms with Crippen molar-refractivity contribution in [2.75, 3.05) is 13.1 Å². The van der Waals surface area contributed by atoms with Crippen LogP contribution in [0.3, 0.4) is 0 Å². The van der Waals surface area contributed by atoms with Crippen LogP contribution in [0.2, 0.25) is 0 Å². The molecule has 0 unspecified atom stereocenters. The fraction of sp³-hybridized carbons (Fsp3) is 0.458. The van der Waals surface area contributed by atoms with Crippen LogP contribution < -0.4 is 5.32 Å². The fourth-order valence-electron chi connectivity index (χ4n) is 4.44. The molecule has 0 bridgehead atoms. The smallest absolute Gasteiger partial charge is 0.251 e. The number of rotatable bonds is 5. The number of nitrogens with one attached hydrogen (secondary N) is 1. The predicted octanol–water partition coefficient (Wildman–Crippen LogP) is 4.23. The lowest BCUT2D eigenvalue weighted by Crippen LogP contribution is -2.35. The number of piperidine rings is 1. The maximum Gasteiger partial charge on any atom is 0.251 e. The molecule has 4 rings (SSSR count). The second-order valence-electron chi connectivity index (χ2n) is 8.42. The summed E-state index contributed by atoms with van der Waals surface area (Å²) in [5.41, 5.74) is 4.26. The number of aryl methyl sites for hydroxylation is 2. The van der Waals surface area contributed by atoms with Gasteiger partial charge in [0.25, 0.3) is 5.91 Å². The quantitative estimate of drug-likeness (QED) is 0.778. The molecular weight excluding hydrogens is 396 g/mol. The van der Waals surface area contributed by atoms with E-state index >= 15 is 0 Å². The number of benzene rings is 2. The summed E-state index contributed by atoms with van der Waals surface area (Å²) in [5.74, 6) is -0.254. The van der Waals surface area contributed by atoms with Crippen molar-refractivity contribution < 1.29 is 13.2 Å². The van der Waals surface area contributed by atoms with Crippen LogP contribution in [0.15, 0.2) is 47.4 Å². The molecule has 1 aliphatic carbocycles. The molecule has 2 aromatic carbocycles. The number of hydrogen-bond donors (Lipinski definition) is 1. The Morgan fingerprint density at radius 2 is 1.67 bits per heavy atom. The van der Waals surface area contributed by atoms with Crippen LogP contribution in [0.4, 0.5) is 0 Å². The van der Waals surface area contributed by atoms with Gasteiger partial charge in [0.1, 0.15) is 0 Å². The summed E-state index contributed by atoms with van der Waals surface area (Å²) in [6.07, 6.45) is 7.53. The first-order valence-electron chi connectivity index (χ1n) is 11.0. The van der Waals surface area contributed by atoms with E-state index < -0.39 is 10.0 Å². The summed E-state index contributed by atoms with van der Waals surface area (Å²) in [4.78, 5) is 13.0. The number of carbonyl (C=O) groups is 1. The second-order valence-corrected chi connectivity index (χ2v) is 10.4. The average molecular weight is 427 g/mol.